The van der Waals surface area contributed by atoms with E-state index >= 15 is 0 Å². The van der Waals surface area contributed by atoms with Crippen molar-refractivity contribution in [1.82, 2.24) is 4.90 Å². The van der Waals surface area contributed by atoms with E-state index < -0.39 is 0 Å². The third-order valence-electron chi connectivity index (χ3n) is 3.77. The Labute approximate surface area is 99.1 Å². The lowest BCUT2D eigenvalue weighted by Crippen LogP contribution is -2.39. The van der Waals surface area contributed by atoms with Crippen molar-refractivity contribution in [3.05, 3.63) is 0 Å². The van der Waals surface area contributed by atoms with Crippen LogP contribution in [0.1, 0.15) is 51.9 Å². The normalized spacial score (nSPS) is 23.4. The number of nitrogens with two attached hydrogens (primary N) is 1. The molecule has 0 bridgehead atoms. The Bertz CT molecular complexity index is 240. The zero-order valence-corrected chi connectivity index (χ0v) is 10.5. The summed E-state index contributed by atoms with van der Waals surface area (Å²) in [6, 6.07) is 0.502. The fourth-order valence-electron chi connectivity index (χ4n) is 2.48. The summed E-state index contributed by atoms with van der Waals surface area (Å²) < 4.78 is 0. The Morgan fingerprint density at radius 2 is 1.88 bits per heavy atom. The molecule has 2 aliphatic rings. The Morgan fingerprint density at radius 3 is 2.44 bits per heavy atom. The van der Waals surface area contributed by atoms with Crippen molar-refractivity contribution in [2.24, 2.45) is 16.6 Å². The minimum Gasteiger partial charge on any atom is -0.370 e. The molecule has 0 amide bonds. The molecule has 0 aliphatic heterocycles. The maximum absolute atomic E-state index is 6.11. The van der Waals surface area contributed by atoms with E-state index in [4.69, 9.17) is 10.7 Å². The van der Waals surface area contributed by atoms with Crippen LogP contribution in [0.25, 0.3) is 0 Å². The van der Waals surface area contributed by atoms with E-state index in [1.807, 2.05) is 0 Å². The van der Waals surface area contributed by atoms with Crippen LogP contribution < -0.4 is 5.73 Å². The van der Waals surface area contributed by atoms with Gasteiger partial charge in [-0.15, -0.1) is 0 Å². The van der Waals surface area contributed by atoms with Crippen molar-refractivity contribution in [3.8, 4) is 0 Å². The fourth-order valence-corrected chi connectivity index (χ4v) is 2.48. The average molecular weight is 223 g/mol. The van der Waals surface area contributed by atoms with Crippen molar-refractivity contribution >= 4 is 5.96 Å². The molecule has 0 heterocycles. The molecule has 2 saturated carbocycles. The first-order chi connectivity index (χ1) is 7.79. The van der Waals surface area contributed by atoms with Crippen LogP contribution in [0.4, 0.5) is 0 Å². The van der Waals surface area contributed by atoms with E-state index in [2.05, 4.69) is 11.8 Å². The van der Waals surface area contributed by atoms with Crippen molar-refractivity contribution in [2.75, 3.05) is 13.1 Å². The second-order valence-corrected chi connectivity index (χ2v) is 5.26. The van der Waals surface area contributed by atoms with Crippen LogP contribution in [-0.4, -0.2) is 30.0 Å². The third kappa shape index (κ3) is 3.39. The lowest BCUT2D eigenvalue weighted by Gasteiger charge is -2.25. The monoisotopic (exact) mass is 223 g/mol. The second kappa shape index (κ2) is 5.55. The van der Waals surface area contributed by atoms with E-state index in [0.29, 0.717) is 6.04 Å². The van der Waals surface area contributed by atoms with Gasteiger partial charge < -0.3 is 10.6 Å². The summed E-state index contributed by atoms with van der Waals surface area (Å²) >= 11 is 0. The van der Waals surface area contributed by atoms with Gasteiger partial charge in [0.25, 0.3) is 0 Å². The molecular formula is C13H25N3. The summed E-state index contributed by atoms with van der Waals surface area (Å²) in [5.74, 6) is 1.68. The van der Waals surface area contributed by atoms with Gasteiger partial charge in [0, 0.05) is 13.1 Å². The summed E-state index contributed by atoms with van der Waals surface area (Å²) in [5.41, 5.74) is 6.11. The lowest BCUT2D eigenvalue weighted by molar-refractivity contribution is 0.397. The molecule has 92 valence electrons. The van der Waals surface area contributed by atoms with Crippen molar-refractivity contribution in [2.45, 2.75) is 57.9 Å². The molecule has 2 fully saturated rings. The average Bonchev–Trinajstić information content (AvgIpc) is 3.11. The third-order valence-corrected chi connectivity index (χ3v) is 3.77. The Balaban J connectivity index is 1.85. The van der Waals surface area contributed by atoms with E-state index in [-0.39, 0.29) is 0 Å². The molecule has 2 aliphatic carbocycles. The minimum atomic E-state index is 0.502. The van der Waals surface area contributed by atoms with Crippen LogP contribution in [0.15, 0.2) is 4.99 Å². The molecule has 0 unspecified atom stereocenters. The lowest BCUT2D eigenvalue weighted by atomic mass is 9.96. The van der Waals surface area contributed by atoms with E-state index in [0.717, 1.165) is 25.0 Å². The highest BCUT2D eigenvalue weighted by Gasteiger charge is 2.24. The molecule has 0 aromatic carbocycles. The summed E-state index contributed by atoms with van der Waals surface area (Å²) in [6.07, 6.45) is 9.28. The zero-order chi connectivity index (χ0) is 11.4. The van der Waals surface area contributed by atoms with Crippen molar-refractivity contribution in [3.63, 3.8) is 0 Å². The first-order valence-electron chi connectivity index (χ1n) is 6.87. The smallest absolute Gasteiger partial charge is 0.191 e. The molecular weight excluding hydrogens is 198 g/mol. The number of aliphatic imine (C=N–C) groups is 1. The van der Waals surface area contributed by atoms with Gasteiger partial charge in [0.15, 0.2) is 5.96 Å². The van der Waals surface area contributed by atoms with Crippen LogP contribution >= 0.6 is 0 Å². The van der Waals surface area contributed by atoms with Gasteiger partial charge in [-0.25, -0.2) is 4.99 Å². The first kappa shape index (κ1) is 11.7. The van der Waals surface area contributed by atoms with Gasteiger partial charge >= 0.3 is 0 Å². The van der Waals surface area contributed by atoms with Gasteiger partial charge in [-0.05, 0) is 38.5 Å². The van der Waals surface area contributed by atoms with Gasteiger partial charge in [0.05, 0.1) is 6.04 Å². The molecule has 2 N–H and O–H groups in total. The van der Waals surface area contributed by atoms with E-state index in [1.54, 1.807) is 0 Å². The van der Waals surface area contributed by atoms with Crippen LogP contribution in [0.3, 0.4) is 0 Å². The summed E-state index contributed by atoms with van der Waals surface area (Å²) in [4.78, 5) is 6.96. The standard InChI is InChI=1S/C13H25N3/c1-2-16(10-11-8-9-11)13(14)15-12-6-4-3-5-7-12/h11-12H,2-10H2,1H3,(H2,14,15). The highest BCUT2D eigenvalue weighted by Crippen LogP contribution is 2.29. The molecule has 0 spiro atoms. The molecule has 3 nitrogen and oxygen atoms in total. The quantitative estimate of drug-likeness (QED) is 0.587. The highest BCUT2D eigenvalue weighted by atomic mass is 15.3. The molecule has 2 rings (SSSR count). The molecule has 0 radical (unpaired) electrons. The summed E-state index contributed by atoms with van der Waals surface area (Å²) in [7, 11) is 0. The van der Waals surface area contributed by atoms with Gasteiger partial charge in [-0.3, -0.25) is 0 Å². The Hall–Kier alpha value is -0.730. The fraction of sp³-hybridized carbons (Fsp3) is 0.923. The first-order valence-corrected chi connectivity index (χ1v) is 6.87. The molecule has 3 heteroatoms. The maximum Gasteiger partial charge on any atom is 0.191 e. The maximum atomic E-state index is 6.11. The molecule has 0 saturated heterocycles. The molecule has 0 atom stereocenters. The predicted molar refractivity (Wildman–Crippen MR) is 68.5 cm³/mol. The SMILES string of the molecule is CCN(CC1CC1)C(N)=NC1CCCCC1. The number of nitrogens with zero attached hydrogens (tertiary/aromatic N) is 2. The van der Waals surface area contributed by atoms with Gasteiger partial charge in [-0.1, -0.05) is 19.3 Å². The second-order valence-electron chi connectivity index (χ2n) is 5.26. The predicted octanol–water partition coefficient (Wildman–Crippen LogP) is 2.37. The van der Waals surface area contributed by atoms with Gasteiger partial charge in [0.1, 0.15) is 0 Å². The zero-order valence-electron chi connectivity index (χ0n) is 10.5. The van der Waals surface area contributed by atoms with E-state index in [9.17, 15) is 0 Å². The van der Waals surface area contributed by atoms with Gasteiger partial charge in [-0.2, -0.15) is 0 Å². The van der Waals surface area contributed by atoms with Crippen LogP contribution in [0.5, 0.6) is 0 Å². The highest BCUT2D eigenvalue weighted by molar-refractivity contribution is 5.78. The number of rotatable bonds is 4. The number of hydrogen-bond acceptors (Lipinski definition) is 1. The largest absolute Gasteiger partial charge is 0.370 e. The van der Waals surface area contributed by atoms with Gasteiger partial charge in [0.2, 0.25) is 0 Å². The van der Waals surface area contributed by atoms with Crippen molar-refractivity contribution < 1.29 is 0 Å². The minimum absolute atomic E-state index is 0.502. The Morgan fingerprint density at radius 1 is 1.19 bits per heavy atom. The van der Waals surface area contributed by atoms with Crippen molar-refractivity contribution in [1.29, 1.82) is 0 Å². The Kier molecular flexibility index (Phi) is 4.08. The number of hydrogen-bond donors (Lipinski definition) is 1. The molecule has 0 aromatic heterocycles. The van der Waals surface area contributed by atoms with Crippen LogP contribution in [0.2, 0.25) is 0 Å². The van der Waals surface area contributed by atoms with E-state index in [1.165, 1.54) is 44.9 Å². The summed E-state index contributed by atoms with van der Waals surface area (Å²) in [6.45, 7) is 4.29. The number of guanidine groups is 1. The molecule has 16 heavy (non-hydrogen) atoms. The van der Waals surface area contributed by atoms with Crippen LogP contribution in [-0.2, 0) is 0 Å². The summed E-state index contributed by atoms with van der Waals surface area (Å²) in [5, 5.41) is 0. The topological polar surface area (TPSA) is 41.6 Å². The molecule has 0 aromatic rings. The van der Waals surface area contributed by atoms with Crippen LogP contribution in [0, 0.1) is 5.92 Å².